The van der Waals surface area contributed by atoms with E-state index in [2.05, 4.69) is 12.2 Å². The monoisotopic (exact) mass is 576 g/mol. The Morgan fingerprint density at radius 3 is 2.32 bits per heavy atom. The Morgan fingerprint density at radius 2 is 1.65 bits per heavy atom. The third kappa shape index (κ3) is 9.57. The van der Waals surface area contributed by atoms with E-state index in [-0.39, 0.29) is 24.8 Å². The highest BCUT2D eigenvalue weighted by molar-refractivity contribution is 7.99. The van der Waals surface area contributed by atoms with Crippen LogP contribution in [0.15, 0.2) is 77.7 Å². The molecule has 0 aliphatic heterocycles. The Labute approximate surface area is 238 Å². The standard InChI is InChI=1S/C29H31Cl3N2O2S/c1-2-3-16-33-29(36)27(18-21-7-5-4-6-8-21)34(20-22-9-10-24(31)19-26(22)32)28(35)15-17-37-25-13-11-23(30)12-14-25/h4-14,19,27H,2-3,15-18,20H2,1H3,(H,33,36)/t27-/m0/s1. The lowest BCUT2D eigenvalue weighted by Crippen LogP contribution is -2.50. The van der Waals surface area contributed by atoms with E-state index in [4.69, 9.17) is 34.8 Å². The van der Waals surface area contributed by atoms with E-state index in [1.807, 2.05) is 60.7 Å². The summed E-state index contributed by atoms with van der Waals surface area (Å²) in [5.41, 5.74) is 1.72. The van der Waals surface area contributed by atoms with Crippen LogP contribution in [-0.2, 0) is 22.6 Å². The Hall–Kier alpha value is -2.18. The molecule has 37 heavy (non-hydrogen) atoms. The van der Waals surface area contributed by atoms with Gasteiger partial charge < -0.3 is 10.2 Å². The van der Waals surface area contributed by atoms with Gasteiger partial charge in [-0.25, -0.2) is 0 Å². The van der Waals surface area contributed by atoms with Gasteiger partial charge in [-0.1, -0.05) is 84.5 Å². The topological polar surface area (TPSA) is 49.4 Å². The number of hydrogen-bond donors (Lipinski definition) is 1. The minimum atomic E-state index is -0.681. The molecule has 1 atom stereocenters. The molecular weight excluding hydrogens is 547 g/mol. The van der Waals surface area contributed by atoms with Crippen molar-refractivity contribution in [1.82, 2.24) is 10.2 Å². The number of carbonyl (C=O) groups is 2. The summed E-state index contributed by atoms with van der Waals surface area (Å²) in [5, 5.41) is 4.68. The lowest BCUT2D eigenvalue weighted by molar-refractivity contribution is -0.141. The Morgan fingerprint density at radius 1 is 0.946 bits per heavy atom. The molecule has 0 aliphatic rings. The molecule has 196 valence electrons. The smallest absolute Gasteiger partial charge is 0.243 e. The predicted molar refractivity (Wildman–Crippen MR) is 156 cm³/mol. The van der Waals surface area contributed by atoms with E-state index in [9.17, 15) is 9.59 Å². The Balaban J connectivity index is 1.85. The van der Waals surface area contributed by atoms with Crippen molar-refractivity contribution in [2.45, 2.75) is 50.1 Å². The van der Waals surface area contributed by atoms with E-state index in [1.54, 1.807) is 28.8 Å². The number of halogens is 3. The Bertz CT molecular complexity index is 1160. The number of carbonyl (C=O) groups excluding carboxylic acids is 2. The normalized spacial score (nSPS) is 11.7. The van der Waals surface area contributed by atoms with Crippen LogP contribution in [0.4, 0.5) is 0 Å². The highest BCUT2D eigenvalue weighted by Gasteiger charge is 2.30. The minimum Gasteiger partial charge on any atom is -0.354 e. The number of benzene rings is 3. The molecule has 0 aliphatic carbocycles. The van der Waals surface area contributed by atoms with Gasteiger partial charge in [0.1, 0.15) is 6.04 Å². The SMILES string of the molecule is CCCCNC(=O)[C@H](Cc1ccccc1)N(Cc1ccc(Cl)cc1Cl)C(=O)CCSc1ccc(Cl)cc1. The summed E-state index contributed by atoms with van der Waals surface area (Å²) in [7, 11) is 0. The molecule has 1 N–H and O–H groups in total. The molecule has 0 bridgehead atoms. The third-order valence-electron chi connectivity index (χ3n) is 5.85. The molecule has 8 heteroatoms. The van der Waals surface area contributed by atoms with Crippen molar-refractivity contribution in [3.05, 3.63) is 99.0 Å². The van der Waals surface area contributed by atoms with Gasteiger partial charge in [-0.3, -0.25) is 9.59 Å². The largest absolute Gasteiger partial charge is 0.354 e. The quantitative estimate of drug-likeness (QED) is 0.167. The van der Waals surface area contributed by atoms with Crippen molar-refractivity contribution in [2.75, 3.05) is 12.3 Å². The maximum absolute atomic E-state index is 13.7. The number of thioether (sulfide) groups is 1. The van der Waals surface area contributed by atoms with Gasteiger partial charge in [-0.15, -0.1) is 11.8 Å². The van der Waals surface area contributed by atoms with Gasteiger partial charge in [0.2, 0.25) is 11.8 Å². The lowest BCUT2D eigenvalue weighted by Gasteiger charge is -2.32. The molecule has 3 aromatic carbocycles. The zero-order valence-corrected chi connectivity index (χ0v) is 23.8. The van der Waals surface area contributed by atoms with E-state index < -0.39 is 6.04 Å². The van der Waals surface area contributed by atoms with Gasteiger partial charge in [-0.2, -0.15) is 0 Å². The first-order valence-corrected chi connectivity index (χ1v) is 14.4. The highest BCUT2D eigenvalue weighted by Crippen LogP contribution is 2.26. The molecule has 0 saturated heterocycles. The highest BCUT2D eigenvalue weighted by atomic mass is 35.5. The number of hydrogen-bond acceptors (Lipinski definition) is 3. The number of nitrogens with one attached hydrogen (secondary N) is 1. The number of amides is 2. The van der Waals surface area contributed by atoms with Crippen LogP contribution in [-0.4, -0.2) is 35.1 Å². The summed E-state index contributed by atoms with van der Waals surface area (Å²) in [6, 6.07) is 21.8. The van der Waals surface area contributed by atoms with Crippen molar-refractivity contribution < 1.29 is 9.59 Å². The van der Waals surface area contributed by atoms with Crippen LogP contribution >= 0.6 is 46.6 Å². The maximum atomic E-state index is 13.7. The van der Waals surface area contributed by atoms with E-state index >= 15 is 0 Å². The predicted octanol–water partition coefficient (Wildman–Crippen LogP) is 7.69. The zero-order valence-electron chi connectivity index (χ0n) is 20.8. The Kier molecular flexibility index (Phi) is 12.1. The van der Waals surface area contributed by atoms with Gasteiger partial charge in [0, 0.05) is 51.6 Å². The summed E-state index contributed by atoms with van der Waals surface area (Å²) >= 11 is 20.2. The molecule has 0 radical (unpaired) electrons. The number of unbranched alkanes of at least 4 members (excludes halogenated alkanes) is 1. The van der Waals surface area contributed by atoms with Gasteiger partial charge in [-0.05, 0) is 53.9 Å². The van der Waals surface area contributed by atoms with E-state index in [0.29, 0.717) is 33.8 Å². The second kappa shape index (κ2) is 15.3. The van der Waals surface area contributed by atoms with Crippen LogP contribution < -0.4 is 5.32 Å². The molecule has 3 rings (SSSR count). The first kappa shape index (κ1) is 29.4. The maximum Gasteiger partial charge on any atom is 0.243 e. The van der Waals surface area contributed by atoms with Gasteiger partial charge in [0.05, 0.1) is 0 Å². The average molecular weight is 578 g/mol. The zero-order chi connectivity index (χ0) is 26.6. The summed E-state index contributed by atoms with van der Waals surface area (Å²) in [4.78, 5) is 29.8. The van der Waals surface area contributed by atoms with Crippen LogP contribution in [0.25, 0.3) is 0 Å². The molecule has 0 heterocycles. The first-order chi connectivity index (χ1) is 17.9. The third-order valence-corrected chi connectivity index (χ3v) is 7.71. The number of rotatable bonds is 13. The fraction of sp³-hybridized carbons (Fsp3) is 0.310. The van der Waals surface area contributed by atoms with Crippen LogP contribution in [0.3, 0.4) is 0 Å². The molecule has 0 saturated carbocycles. The van der Waals surface area contributed by atoms with E-state index in [1.165, 1.54) is 0 Å². The minimum absolute atomic E-state index is 0.112. The number of nitrogens with zero attached hydrogens (tertiary/aromatic N) is 1. The summed E-state index contributed by atoms with van der Waals surface area (Å²) in [6.45, 7) is 2.85. The molecule has 3 aromatic rings. The van der Waals surface area contributed by atoms with Crippen molar-refractivity contribution in [3.8, 4) is 0 Å². The van der Waals surface area contributed by atoms with Crippen LogP contribution in [0, 0.1) is 0 Å². The molecule has 0 spiro atoms. The van der Waals surface area contributed by atoms with Crippen molar-refractivity contribution >= 4 is 58.4 Å². The van der Waals surface area contributed by atoms with Crippen LogP contribution in [0.1, 0.15) is 37.3 Å². The second-order valence-electron chi connectivity index (χ2n) is 8.66. The molecule has 0 aromatic heterocycles. The summed E-state index contributed by atoms with van der Waals surface area (Å²) < 4.78 is 0. The molecule has 0 fully saturated rings. The van der Waals surface area contributed by atoms with Gasteiger partial charge in [0.25, 0.3) is 0 Å². The van der Waals surface area contributed by atoms with Crippen LogP contribution in [0.2, 0.25) is 15.1 Å². The first-order valence-electron chi connectivity index (χ1n) is 12.3. The van der Waals surface area contributed by atoms with Crippen LogP contribution in [0.5, 0.6) is 0 Å². The average Bonchev–Trinajstić information content (AvgIpc) is 2.89. The fourth-order valence-electron chi connectivity index (χ4n) is 3.82. The van der Waals surface area contributed by atoms with Crippen molar-refractivity contribution in [2.24, 2.45) is 0 Å². The molecular formula is C29H31Cl3N2O2S. The molecule has 4 nitrogen and oxygen atoms in total. The van der Waals surface area contributed by atoms with Crippen molar-refractivity contribution in [1.29, 1.82) is 0 Å². The van der Waals surface area contributed by atoms with Gasteiger partial charge >= 0.3 is 0 Å². The summed E-state index contributed by atoms with van der Waals surface area (Å²) in [6.07, 6.45) is 2.51. The van der Waals surface area contributed by atoms with Gasteiger partial charge in [0.15, 0.2) is 0 Å². The lowest BCUT2D eigenvalue weighted by atomic mass is 10.0. The van der Waals surface area contributed by atoms with Crippen molar-refractivity contribution in [3.63, 3.8) is 0 Å². The fourth-order valence-corrected chi connectivity index (χ4v) is 5.26. The molecule has 2 amide bonds. The molecule has 0 unspecified atom stereocenters. The summed E-state index contributed by atoms with van der Waals surface area (Å²) in [5.74, 6) is 0.293. The van der Waals surface area contributed by atoms with E-state index in [0.717, 1.165) is 28.9 Å². The second-order valence-corrected chi connectivity index (χ2v) is 11.1.